The van der Waals surface area contributed by atoms with E-state index in [0.29, 0.717) is 35.9 Å². The molecule has 3 N–H and O–H groups in total. The number of nitrogens with two attached hydrogens (primary N) is 1. The quantitative estimate of drug-likeness (QED) is 0.635. The number of halogens is 2. The number of hydrogen-bond acceptors (Lipinski definition) is 7. The molecule has 1 aromatic carbocycles. The van der Waals surface area contributed by atoms with Crippen molar-refractivity contribution in [2.24, 2.45) is 0 Å². The van der Waals surface area contributed by atoms with Crippen molar-refractivity contribution in [1.29, 1.82) is 5.26 Å². The predicted molar refractivity (Wildman–Crippen MR) is 110 cm³/mol. The van der Waals surface area contributed by atoms with Crippen LogP contribution in [0.2, 0.25) is 0 Å². The van der Waals surface area contributed by atoms with Crippen LogP contribution in [0, 0.1) is 23.0 Å². The number of anilines is 3. The first-order chi connectivity index (χ1) is 14.3. The minimum absolute atomic E-state index is 0.0925. The molecule has 154 valence electrons. The van der Waals surface area contributed by atoms with Gasteiger partial charge in [-0.15, -0.1) is 11.3 Å². The van der Waals surface area contributed by atoms with Gasteiger partial charge in [0.05, 0.1) is 17.8 Å². The van der Waals surface area contributed by atoms with Crippen molar-refractivity contribution in [3.05, 3.63) is 64.2 Å². The van der Waals surface area contributed by atoms with Crippen LogP contribution in [-0.2, 0) is 23.0 Å². The van der Waals surface area contributed by atoms with E-state index < -0.39 is 21.7 Å². The summed E-state index contributed by atoms with van der Waals surface area (Å²) >= 11 is 1.37. The average Bonchev–Trinajstić information content (AvgIpc) is 3.04. The average molecular weight is 447 g/mol. The number of hydrogen-bond donors (Lipinski definition) is 2. The Morgan fingerprint density at radius 2 is 2.03 bits per heavy atom. The number of fused-ring (bicyclic) bond motifs is 1. The summed E-state index contributed by atoms with van der Waals surface area (Å²) < 4.78 is 53.5. The van der Waals surface area contributed by atoms with Gasteiger partial charge in [0.25, 0.3) is 10.0 Å². The fourth-order valence-electron chi connectivity index (χ4n) is 3.24. The summed E-state index contributed by atoms with van der Waals surface area (Å²) in [6, 6.07) is 7.85. The number of nitrogens with zero attached hydrogens (tertiary/aromatic N) is 3. The minimum atomic E-state index is -4.02. The predicted octanol–water partition coefficient (Wildman–Crippen LogP) is 3.24. The molecule has 1 aliphatic rings. The molecule has 0 atom stereocenters. The van der Waals surface area contributed by atoms with Crippen LogP contribution in [0.25, 0.3) is 0 Å². The van der Waals surface area contributed by atoms with E-state index in [1.165, 1.54) is 23.6 Å². The number of pyridine rings is 1. The van der Waals surface area contributed by atoms with Gasteiger partial charge in [0, 0.05) is 23.7 Å². The maximum Gasteiger partial charge on any atom is 0.263 e. The second-order valence-corrected chi connectivity index (χ2v) is 9.43. The lowest BCUT2D eigenvalue weighted by molar-refractivity contribution is 0.509. The SMILES string of the molecule is N#Cc1c(N)sc2c1CCN(c1ccc(S(=O)(=O)Nc3ccc(F)c(F)c3)cn1)C2. The summed E-state index contributed by atoms with van der Waals surface area (Å²) in [5.41, 5.74) is 7.31. The number of sulfonamides is 1. The molecule has 0 radical (unpaired) electrons. The highest BCUT2D eigenvalue weighted by Crippen LogP contribution is 2.35. The van der Waals surface area contributed by atoms with Crippen molar-refractivity contribution < 1.29 is 17.2 Å². The van der Waals surface area contributed by atoms with Crippen LogP contribution in [-0.4, -0.2) is 19.9 Å². The van der Waals surface area contributed by atoms with E-state index >= 15 is 0 Å². The summed E-state index contributed by atoms with van der Waals surface area (Å²) in [6.07, 6.45) is 1.85. The highest BCUT2D eigenvalue weighted by Gasteiger charge is 2.25. The summed E-state index contributed by atoms with van der Waals surface area (Å²) in [6.45, 7) is 1.14. The van der Waals surface area contributed by atoms with E-state index in [4.69, 9.17) is 5.73 Å². The van der Waals surface area contributed by atoms with Gasteiger partial charge >= 0.3 is 0 Å². The molecule has 0 aliphatic carbocycles. The Morgan fingerprint density at radius 1 is 1.23 bits per heavy atom. The van der Waals surface area contributed by atoms with Crippen LogP contribution in [0.15, 0.2) is 41.4 Å². The first-order valence-corrected chi connectivity index (χ1v) is 11.1. The van der Waals surface area contributed by atoms with Crippen LogP contribution in [0.1, 0.15) is 16.0 Å². The van der Waals surface area contributed by atoms with Gasteiger partial charge in [-0.1, -0.05) is 0 Å². The molecule has 0 fully saturated rings. The maximum absolute atomic E-state index is 13.3. The van der Waals surface area contributed by atoms with Gasteiger partial charge in [-0.25, -0.2) is 22.2 Å². The molecule has 0 spiro atoms. The zero-order chi connectivity index (χ0) is 21.5. The Hall–Kier alpha value is -3.23. The molecular formula is C19H15F2N5O2S2. The van der Waals surface area contributed by atoms with Gasteiger partial charge in [0.2, 0.25) is 0 Å². The molecule has 11 heteroatoms. The molecule has 7 nitrogen and oxygen atoms in total. The number of thiophene rings is 1. The van der Waals surface area contributed by atoms with Crippen molar-refractivity contribution in [2.75, 3.05) is 21.9 Å². The third-order valence-corrected chi connectivity index (χ3v) is 7.14. The number of aromatic nitrogens is 1. The Balaban J connectivity index is 1.52. The van der Waals surface area contributed by atoms with Crippen molar-refractivity contribution in [3.8, 4) is 6.07 Å². The van der Waals surface area contributed by atoms with Gasteiger partial charge in [0.15, 0.2) is 11.6 Å². The normalized spacial score (nSPS) is 13.6. The van der Waals surface area contributed by atoms with E-state index in [1.807, 2.05) is 4.90 Å². The van der Waals surface area contributed by atoms with Crippen molar-refractivity contribution in [2.45, 2.75) is 17.9 Å². The molecule has 2 aromatic heterocycles. The molecule has 0 unspecified atom stereocenters. The van der Waals surface area contributed by atoms with Gasteiger partial charge in [-0.2, -0.15) is 5.26 Å². The van der Waals surface area contributed by atoms with Gasteiger partial charge in [-0.05, 0) is 36.2 Å². The molecule has 4 rings (SSSR count). The Bertz CT molecular complexity index is 1270. The third-order valence-electron chi connectivity index (χ3n) is 4.72. The largest absolute Gasteiger partial charge is 0.389 e. The van der Waals surface area contributed by atoms with E-state index in [-0.39, 0.29) is 10.6 Å². The number of rotatable bonds is 4. The number of nitrogens with one attached hydrogen (secondary N) is 1. The van der Waals surface area contributed by atoms with Crippen LogP contribution in [0.5, 0.6) is 0 Å². The van der Waals surface area contributed by atoms with Gasteiger partial charge in [0.1, 0.15) is 21.8 Å². The van der Waals surface area contributed by atoms with E-state index in [0.717, 1.165) is 28.6 Å². The highest BCUT2D eigenvalue weighted by atomic mass is 32.2. The second-order valence-electron chi connectivity index (χ2n) is 6.61. The first-order valence-electron chi connectivity index (χ1n) is 8.77. The summed E-state index contributed by atoms with van der Waals surface area (Å²) in [5, 5.41) is 9.74. The summed E-state index contributed by atoms with van der Waals surface area (Å²) in [4.78, 5) is 7.10. The second kappa shape index (κ2) is 7.55. The zero-order valence-electron chi connectivity index (χ0n) is 15.4. The molecule has 0 bridgehead atoms. The van der Waals surface area contributed by atoms with Crippen LogP contribution in [0.3, 0.4) is 0 Å². The number of nitrogen functional groups attached to an aromatic ring is 1. The van der Waals surface area contributed by atoms with E-state index in [9.17, 15) is 22.5 Å². The minimum Gasteiger partial charge on any atom is -0.389 e. The molecule has 1 aliphatic heterocycles. The molecule has 3 heterocycles. The molecule has 3 aromatic rings. The monoisotopic (exact) mass is 447 g/mol. The van der Waals surface area contributed by atoms with Crippen LogP contribution < -0.4 is 15.4 Å². The Morgan fingerprint density at radius 3 is 2.70 bits per heavy atom. The highest BCUT2D eigenvalue weighted by molar-refractivity contribution is 7.92. The lowest BCUT2D eigenvalue weighted by Crippen LogP contribution is -2.30. The summed E-state index contributed by atoms with van der Waals surface area (Å²) in [7, 11) is -4.02. The fourth-order valence-corrected chi connectivity index (χ4v) is 5.31. The van der Waals surface area contributed by atoms with Crippen LogP contribution >= 0.6 is 11.3 Å². The molecule has 0 saturated carbocycles. The molecule has 30 heavy (non-hydrogen) atoms. The smallest absolute Gasteiger partial charge is 0.263 e. The maximum atomic E-state index is 13.3. The van der Waals surface area contributed by atoms with E-state index in [1.54, 1.807) is 6.07 Å². The fraction of sp³-hybridized carbons (Fsp3) is 0.158. The van der Waals surface area contributed by atoms with Crippen LogP contribution in [0.4, 0.5) is 25.3 Å². The molecule has 0 amide bonds. The van der Waals surface area contributed by atoms with Crippen molar-refractivity contribution in [3.63, 3.8) is 0 Å². The van der Waals surface area contributed by atoms with Gasteiger partial charge in [-0.3, -0.25) is 4.72 Å². The van der Waals surface area contributed by atoms with Crippen molar-refractivity contribution in [1.82, 2.24) is 4.98 Å². The number of nitriles is 1. The van der Waals surface area contributed by atoms with E-state index in [2.05, 4.69) is 15.8 Å². The Labute approximate surface area is 175 Å². The third kappa shape index (κ3) is 3.67. The Kier molecular flexibility index (Phi) is 5.05. The first kappa shape index (κ1) is 20.1. The molecule has 0 saturated heterocycles. The topological polar surface area (TPSA) is 112 Å². The van der Waals surface area contributed by atoms with Gasteiger partial charge < -0.3 is 10.6 Å². The number of benzene rings is 1. The van der Waals surface area contributed by atoms with Crippen molar-refractivity contribution >= 4 is 37.9 Å². The standard InChI is InChI=1S/C19H15F2N5O2S2/c20-15-3-1-11(7-16(15)21)25-30(27,28)12-2-4-18(24-9-12)26-6-5-13-14(8-22)19(23)29-17(13)10-26/h1-4,7,9,25H,5-6,10,23H2. The summed E-state index contributed by atoms with van der Waals surface area (Å²) in [5.74, 6) is -1.64. The molecular weight excluding hydrogens is 432 g/mol. The zero-order valence-corrected chi connectivity index (χ0v) is 17.0. The lowest BCUT2D eigenvalue weighted by atomic mass is 10.0. The lowest BCUT2D eigenvalue weighted by Gasteiger charge is -2.28.